The number of hydrogen-bond acceptors (Lipinski definition) is 2. The van der Waals surface area contributed by atoms with Crippen LogP contribution in [-0.2, 0) is 0 Å². The quantitative estimate of drug-likeness (QED) is 0.908. The molecule has 1 aromatic rings. The van der Waals surface area contributed by atoms with Crippen molar-refractivity contribution in [2.75, 3.05) is 6.61 Å². The summed E-state index contributed by atoms with van der Waals surface area (Å²) < 4.78 is 19.6. The Morgan fingerprint density at radius 2 is 2.18 bits per heavy atom. The van der Waals surface area contributed by atoms with Crippen LogP contribution in [0.1, 0.15) is 43.5 Å². The molecule has 3 saturated carbocycles. The van der Waals surface area contributed by atoms with Crippen LogP contribution in [0.25, 0.3) is 0 Å². The third-order valence-electron chi connectivity index (χ3n) is 5.74. The van der Waals surface area contributed by atoms with Gasteiger partial charge in [0, 0.05) is 6.07 Å². The first-order valence-corrected chi connectivity index (χ1v) is 8.10. The zero-order valence-corrected chi connectivity index (χ0v) is 13.6. The van der Waals surface area contributed by atoms with Crippen molar-refractivity contribution in [3.05, 3.63) is 28.5 Å². The number of fused-ring (bicyclic) bond motifs is 2. The number of primary amides is 1. The minimum atomic E-state index is -0.833. The van der Waals surface area contributed by atoms with Gasteiger partial charge in [-0.05, 0) is 48.5 Å². The van der Waals surface area contributed by atoms with E-state index in [9.17, 15) is 9.18 Å². The first-order chi connectivity index (χ1) is 10.3. The highest BCUT2D eigenvalue weighted by Gasteiger charge is 2.54. The molecule has 3 fully saturated rings. The summed E-state index contributed by atoms with van der Waals surface area (Å²) >= 11 is 6.07. The minimum Gasteiger partial charge on any atom is -0.492 e. The van der Waals surface area contributed by atoms with Crippen LogP contribution in [0.2, 0.25) is 5.02 Å². The normalized spacial score (nSPS) is 28.8. The lowest BCUT2D eigenvalue weighted by atomic mass is 9.46. The Kier molecular flexibility index (Phi) is 3.84. The second-order valence-electron chi connectivity index (χ2n) is 7.14. The molecule has 1 amide bonds. The second kappa shape index (κ2) is 5.41. The summed E-state index contributed by atoms with van der Waals surface area (Å²) in [6.07, 6.45) is 3.65. The van der Waals surface area contributed by atoms with Gasteiger partial charge in [0.2, 0.25) is 0 Å². The molecule has 3 atom stereocenters. The number of hydrogen-bond donors (Lipinski definition) is 1. The summed E-state index contributed by atoms with van der Waals surface area (Å²) in [5.74, 6) is 0.739. The molecule has 2 N–H and O–H groups in total. The van der Waals surface area contributed by atoms with E-state index in [1.54, 1.807) is 0 Å². The molecule has 0 spiro atoms. The molecule has 5 heteroatoms. The van der Waals surface area contributed by atoms with Crippen LogP contribution in [-0.4, -0.2) is 12.5 Å². The third-order valence-corrected chi connectivity index (χ3v) is 6.04. The summed E-state index contributed by atoms with van der Waals surface area (Å²) in [4.78, 5) is 11.1. The van der Waals surface area contributed by atoms with Crippen molar-refractivity contribution in [2.24, 2.45) is 28.9 Å². The van der Waals surface area contributed by atoms with Gasteiger partial charge in [0.1, 0.15) is 11.6 Å². The highest BCUT2D eigenvalue weighted by atomic mass is 35.5. The van der Waals surface area contributed by atoms with Crippen molar-refractivity contribution in [3.63, 3.8) is 0 Å². The third kappa shape index (κ3) is 2.47. The van der Waals surface area contributed by atoms with E-state index in [-0.39, 0.29) is 16.3 Å². The van der Waals surface area contributed by atoms with E-state index in [4.69, 9.17) is 22.1 Å². The first kappa shape index (κ1) is 15.6. The van der Waals surface area contributed by atoms with E-state index >= 15 is 0 Å². The average Bonchev–Trinajstić information content (AvgIpc) is 2.47. The Balaban J connectivity index is 1.69. The molecule has 0 aromatic heterocycles. The van der Waals surface area contributed by atoms with Gasteiger partial charge in [-0.15, -0.1) is 0 Å². The number of amides is 1. The SMILES string of the molecule is CC1(C)[C@H]2CC[C@H](COc3cc(F)c(C(N)=O)cc3Cl)[C@@H]1C2. The van der Waals surface area contributed by atoms with Crippen LogP contribution in [0.3, 0.4) is 0 Å². The largest absolute Gasteiger partial charge is 0.492 e. The number of carbonyl (C=O) groups excluding carboxylic acids is 1. The number of benzene rings is 1. The van der Waals surface area contributed by atoms with Crippen LogP contribution in [0.15, 0.2) is 12.1 Å². The van der Waals surface area contributed by atoms with Crippen LogP contribution in [0.5, 0.6) is 5.75 Å². The van der Waals surface area contributed by atoms with Gasteiger partial charge in [-0.2, -0.15) is 0 Å². The van der Waals surface area contributed by atoms with E-state index in [0.29, 0.717) is 23.9 Å². The minimum absolute atomic E-state index is 0.210. The molecule has 4 rings (SSSR count). The molecule has 0 radical (unpaired) electrons. The van der Waals surface area contributed by atoms with Crippen molar-refractivity contribution >= 4 is 17.5 Å². The number of nitrogens with two attached hydrogens (primary N) is 1. The van der Waals surface area contributed by atoms with E-state index in [1.165, 1.54) is 18.9 Å². The fraction of sp³-hybridized carbons (Fsp3) is 0.588. The van der Waals surface area contributed by atoms with Crippen LogP contribution in [0.4, 0.5) is 4.39 Å². The van der Waals surface area contributed by atoms with Crippen LogP contribution in [0, 0.1) is 29.0 Å². The molecule has 1 aromatic carbocycles. The summed E-state index contributed by atoms with van der Waals surface area (Å²) in [7, 11) is 0. The van der Waals surface area contributed by atoms with Gasteiger partial charge in [-0.25, -0.2) is 4.39 Å². The molecular formula is C17H21ClFNO2. The molecule has 22 heavy (non-hydrogen) atoms. The van der Waals surface area contributed by atoms with Crippen molar-refractivity contribution < 1.29 is 13.9 Å². The van der Waals surface area contributed by atoms with E-state index in [1.807, 2.05) is 0 Å². The maximum atomic E-state index is 13.8. The zero-order chi connectivity index (χ0) is 16.1. The van der Waals surface area contributed by atoms with Crippen molar-refractivity contribution in [1.29, 1.82) is 0 Å². The predicted octanol–water partition coefficient (Wildman–Crippen LogP) is 4.03. The molecule has 3 aliphatic rings. The molecule has 0 saturated heterocycles. The molecule has 3 aliphatic carbocycles. The molecule has 120 valence electrons. The van der Waals surface area contributed by atoms with Crippen molar-refractivity contribution in [1.82, 2.24) is 0 Å². The van der Waals surface area contributed by atoms with Crippen molar-refractivity contribution in [2.45, 2.75) is 33.1 Å². The number of halogens is 2. The lowest BCUT2D eigenvalue weighted by Crippen LogP contribution is -2.53. The second-order valence-corrected chi connectivity index (χ2v) is 7.54. The molecule has 0 aliphatic heterocycles. The fourth-order valence-corrected chi connectivity index (χ4v) is 4.41. The van der Waals surface area contributed by atoms with Gasteiger partial charge in [0.25, 0.3) is 5.91 Å². The summed E-state index contributed by atoms with van der Waals surface area (Å²) in [5.41, 5.74) is 5.28. The van der Waals surface area contributed by atoms with Gasteiger partial charge >= 0.3 is 0 Å². The smallest absolute Gasteiger partial charge is 0.251 e. The summed E-state index contributed by atoms with van der Waals surface area (Å²) in [6, 6.07) is 2.39. The number of ether oxygens (including phenoxy) is 1. The van der Waals surface area contributed by atoms with Crippen LogP contribution >= 0.6 is 11.6 Å². The Hall–Kier alpha value is -1.29. The fourth-order valence-electron chi connectivity index (χ4n) is 4.19. The van der Waals surface area contributed by atoms with Gasteiger partial charge in [0.05, 0.1) is 17.2 Å². The van der Waals surface area contributed by atoms with Gasteiger partial charge < -0.3 is 10.5 Å². The maximum absolute atomic E-state index is 13.8. The highest BCUT2D eigenvalue weighted by Crippen LogP contribution is 2.61. The highest BCUT2D eigenvalue weighted by molar-refractivity contribution is 6.32. The topological polar surface area (TPSA) is 52.3 Å². The van der Waals surface area contributed by atoms with E-state index < -0.39 is 11.7 Å². The Morgan fingerprint density at radius 3 is 2.77 bits per heavy atom. The van der Waals surface area contributed by atoms with E-state index in [2.05, 4.69) is 13.8 Å². The Morgan fingerprint density at radius 1 is 1.45 bits per heavy atom. The summed E-state index contributed by atoms with van der Waals surface area (Å²) in [5, 5.41) is 0.219. The predicted molar refractivity (Wildman–Crippen MR) is 83.5 cm³/mol. The van der Waals surface area contributed by atoms with E-state index in [0.717, 1.165) is 18.4 Å². The lowest BCUT2D eigenvalue weighted by Gasteiger charge is -2.60. The summed E-state index contributed by atoms with van der Waals surface area (Å²) in [6.45, 7) is 5.19. The molecule has 2 bridgehead atoms. The lowest BCUT2D eigenvalue weighted by molar-refractivity contribution is -0.114. The van der Waals surface area contributed by atoms with Gasteiger partial charge in [-0.3, -0.25) is 4.79 Å². The molecule has 0 unspecified atom stereocenters. The van der Waals surface area contributed by atoms with Gasteiger partial charge in [0.15, 0.2) is 0 Å². The molecule has 3 nitrogen and oxygen atoms in total. The Bertz CT molecular complexity index is 615. The van der Waals surface area contributed by atoms with Crippen molar-refractivity contribution in [3.8, 4) is 5.75 Å². The molecule has 0 heterocycles. The van der Waals surface area contributed by atoms with Gasteiger partial charge in [-0.1, -0.05) is 25.4 Å². The van der Waals surface area contributed by atoms with Crippen LogP contribution < -0.4 is 10.5 Å². The molecular weight excluding hydrogens is 305 g/mol. The number of rotatable bonds is 4. The number of carbonyl (C=O) groups is 1. The monoisotopic (exact) mass is 325 g/mol. The zero-order valence-electron chi connectivity index (χ0n) is 12.9. The standard InChI is InChI=1S/C17H21ClFNO2/c1-17(2)10-4-3-9(12(17)5-10)8-22-15-7-14(19)11(16(20)21)6-13(15)18/h6-7,9-10,12H,3-5,8H2,1-2H3,(H2,20,21)/t9-,10+,12+/m1/s1. The Labute approximate surface area is 135 Å². The first-order valence-electron chi connectivity index (χ1n) is 7.72. The maximum Gasteiger partial charge on any atom is 0.251 e. The average molecular weight is 326 g/mol.